The molecule has 0 atom stereocenters. The Bertz CT molecular complexity index is 3050. The molecule has 0 saturated carbocycles. The van der Waals surface area contributed by atoms with Crippen LogP contribution in [0.1, 0.15) is 39.5 Å². The normalized spacial score (nSPS) is 11.4. The van der Waals surface area contributed by atoms with Crippen molar-refractivity contribution >= 4 is 101 Å². The van der Waals surface area contributed by atoms with Gasteiger partial charge in [-0.3, -0.25) is 14.2 Å². The topological polar surface area (TPSA) is 188 Å². The van der Waals surface area contributed by atoms with E-state index >= 15 is 0 Å². The Balaban J connectivity index is 0.000000308. The minimum Gasteiger partial charge on any atom is -0.476 e. The number of carboxylic acids is 1. The van der Waals surface area contributed by atoms with Gasteiger partial charge < -0.3 is 15.3 Å². The fraction of sp³-hybridized carbons (Fsp3) is 0.122. The van der Waals surface area contributed by atoms with Crippen molar-refractivity contribution in [3.63, 3.8) is 0 Å². The van der Waals surface area contributed by atoms with Crippen molar-refractivity contribution in [3.05, 3.63) is 164 Å². The first-order valence-electron chi connectivity index (χ1n) is 17.9. The molecule has 6 aromatic rings. The number of carboxylic acid groups (broad SMARTS) is 1. The summed E-state index contributed by atoms with van der Waals surface area (Å²) in [6, 6.07) is 17.9. The van der Waals surface area contributed by atoms with Crippen molar-refractivity contribution in [3.8, 4) is 0 Å². The number of carbonyl (C=O) groups is 2. The van der Waals surface area contributed by atoms with Crippen LogP contribution in [0, 0.1) is 11.6 Å². The number of aromatic nitrogens is 2. The van der Waals surface area contributed by atoms with E-state index in [0.29, 0.717) is 17.8 Å². The lowest BCUT2D eigenvalue weighted by Gasteiger charge is -2.20. The van der Waals surface area contributed by atoms with Crippen LogP contribution >= 0.6 is 46.4 Å². The molecule has 68 heavy (non-hydrogen) atoms. The summed E-state index contributed by atoms with van der Waals surface area (Å²) in [5, 5.41) is 10.2. The van der Waals surface area contributed by atoms with Crippen molar-refractivity contribution in [2.75, 3.05) is 33.8 Å². The first-order valence-corrected chi connectivity index (χ1v) is 22.3. The van der Waals surface area contributed by atoms with Crippen LogP contribution in [-0.2, 0) is 32.4 Å². The molecule has 4 N–H and O–H groups in total. The summed E-state index contributed by atoms with van der Waals surface area (Å²) in [7, 11) is -6.26. The molecule has 0 spiro atoms. The van der Waals surface area contributed by atoms with Gasteiger partial charge in [0.15, 0.2) is 11.4 Å². The number of benzene rings is 4. The SMILES string of the molecule is C.CN(C(=O)c1ncc(Cl)cc1NS(=O)(=O)c1ccc(Cl)c(C(F)(F)F)c1)c1ccccc1F.CNc1ccccc1F.O=C(O)c1ncc(Cl)cc1NS(=O)(=O)c1ccc(Cl)c(C(F)(F)F)c1. The first-order chi connectivity index (χ1) is 31.1. The standard InChI is InChI=1S/C20H13Cl2F4N3O3S.C13H7Cl2F3N2O4S.C7H8FN.CH4/c1-29(17-5-3-2-4-15(17)23)19(30)18-16(8-11(21)10-27-18)28-33(31,32)12-6-7-14(22)13(9-12)20(24,25)26;14-6-3-10(11(12(21)22)19-5-6)20-25(23,24)7-1-2-9(15)8(4-7)13(16,17)18;1-9-7-5-3-2-4-6(7)8;/h2-10,28H,1H3;1-5,20H,(H,21,22);2-5,9H,1H3;1H4. The summed E-state index contributed by atoms with van der Waals surface area (Å²) in [5.74, 6) is -3.38. The van der Waals surface area contributed by atoms with Gasteiger partial charge in [0.1, 0.15) is 11.6 Å². The maximum absolute atomic E-state index is 14.1. The molecule has 0 aliphatic rings. The van der Waals surface area contributed by atoms with E-state index in [1.807, 2.05) is 9.44 Å². The van der Waals surface area contributed by atoms with Crippen molar-refractivity contribution in [1.82, 2.24) is 9.97 Å². The summed E-state index contributed by atoms with van der Waals surface area (Å²) < 4.78 is 159. The Labute approximate surface area is 402 Å². The first kappa shape index (κ1) is 56.3. The molecule has 13 nitrogen and oxygen atoms in total. The third kappa shape index (κ3) is 14.5. The molecule has 0 unspecified atom stereocenters. The molecule has 364 valence electrons. The van der Waals surface area contributed by atoms with E-state index in [1.165, 1.54) is 31.3 Å². The number of sulfonamides is 2. The van der Waals surface area contributed by atoms with Crippen LogP contribution < -0.4 is 19.7 Å². The van der Waals surface area contributed by atoms with Gasteiger partial charge in [0.25, 0.3) is 26.0 Å². The fourth-order valence-electron chi connectivity index (χ4n) is 5.22. The summed E-state index contributed by atoms with van der Waals surface area (Å²) >= 11 is 22.5. The van der Waals surface area contributed by atoms with E-state index in [2.05, 4.69) is 15.3 Å². The van der Waals surface area contributed by atoms with E-state index in [4.69, 9.17) is 51.5 Å². The molecule has 0 radical (unpaired) electrons. The predicted molar refractivity (Wildman–Crippen MR) is 242 cm³/mol. The molecule has 1 amide bonds. The quantitative estimate of drug-likeness (QED) is 0.0962. The number of nitrogens with one attached hydrogen (secondary N) is 3. The number of aromatic carboxylic acids is 1. The number of anilines is 4. The minimum absolute atomic E-state index is 0. The van der Waals surface area contributed by atoms with Gasteiger partial charge in [0.2, 0.25) is 0 Å². The Morgan fingerprint density at radius 1 is 0.618 bits per heavy atom. The average molecular weight is 1080 g/mol. The number of amides is 1. The number of alkyl halides is 6. The minimum atomic E-state index is -4.90. The zero-order valence-corrected chi connectivity index (χ0v) is 38.1. The van der Waals surface area contributed by atoms with Gasteiger partial charge in [-0.25, -0.2) is 40.4 Å². The van der Waals surface area contributed by atoms with E-state index in [1.54, 1.807) is 25.2 Å². The molecular weight excluding hydrogens is 1050 g/mol. The second-order valence-electron chi connectivity index (χ2n) is 12.9. The van der Waals surface area contributed by atoms with Crippen LogP contribution in [0.4, 0.5) is 57.9 Å². The molecule has 0 aliphatic heterocycles. The Hall–Kier alpha value is -5.98. The third-order valence-electron chi connectivity index (χ3n) is 8.37. The fourth-order valence-corrected chi connectivity index (χ4v) is 8.15. The predicted octanol–water partition coefficient (Wildman–Crippen LogP) is 12.0. The molecule has 6 rings (SSSR count). The molecule has 4 aromatic carbocycles. The molecule has 0 bridgehead atoms. The molecular formula is C41H32Cl4F8N6O7S2. The molecule has 0 aliphatic carbocycles. The van der Waals surface area contributed by atoms with Crippen LogP contribution in [0.5, 0.6) is 0 Å². The van der Waals surface area contributed by atoms with Crippen molar-refractivity contribution in [2.45, 2.75) is 29.6 Å². The van der Waals surface area contributed by atoms with Gasteiger partial charge in [-0.05, 0) is 72.8 Å². The second kappa shape index (κ2) is 22.9. The van der Waals surface area contributed by atoms with Gasteiger partial charge in [-0.15, -0.1) is 0 Å². The van der Waals surface area contributed by atoms with Crippen LogP contribution in [0.2, 0.25) is 20.1 Å². The zero-order chi connectivity index (χ0) is 50.2. The highest BCUT2D eigenvalue weighted by molar-refractivity contribution is 7.93. The van der Waals surface area contributed by atoms with Gasteiger partial charge in [-0.2, -0.15) is 26.3 Å². The molecule has 2 heterocycles. The lowest BCUT2D eigenvalue weighted by molar-refractivity contribution is -0.138. The average Bonchev–Trinajstić information content (AvgIpc) is 3.23. The Morgan fingerprint density at radius 2 is 1.03 bits per heavy atom. The van der Waals surface area contributed by atoms with Crippen molar-refractivity contribution in [1.29, 1.82) is 0 Å². The van der Waals surface area contributed by atoms with Gasteiger partial charge in [0.05, 0.1) is 63.8 Å². The molecule has 2 aromatic heterocycles. The Morgan fingerprint density at radius 3 is 1.43 bits per heavy atom. The molecule has 27 heteroatoms. The van der Waals surface area contributed by atoms with E-state index in [0.717, 1.165) is 59.8 Å². The Kier molecular flexibility index (Phi) is 19.0. The second-order valence-corrected chi connectivity index (χ2v) is 18.0. The molecule has 0 fully saturated rings. The highest BCUT2D eigenvalue weighted by Crippen LogP contribution is 2.38. The number of carbonyl (C=O) groups excluding carboxylic acids is 1. The van der Waals surface area contributed by atoms with E-state index < -0.39 is 104 Å². The highest BCUT2D eigenvalue weighted by atomic mass is 35.5. The maximum atomic E-state index is 14.1. The van der Waals surface area contributed by atoms with Gasteiger partial charge in [0, 0.05) is 26.5 Å². The number of rotatable bonds is 10. The summed E-state index contributed by atoms with van der Waals surface area (Å²) in [4.78, 5) is 30.7. The number of para-hydroxylation sites is 2. The number of pyridine rings is 2. The number of hydrogen-bond donors (Lipinski definition) is 4. The number of nitrogens with zero attached hydrogens (tertiary/aromatic N) is 3. The zero-order valence-electron chi connectivity index (χ0n) is 33.5. The van der Waals surface area contributed by atoms with Crippen LogP contribution in [0.3, 0.4) is 0 Å². The lowest BCUT2D eigenvalue weighted by atomic mass is 10.2. The summed E-state index contributed by atoms with van der Waals surface area (Å²) in [6.45, 7) is 0. The molecule has 0 saturated heterocycles. The third-order valence-corrected chi connectivity index (χ3v) is 12.2. The van der Waals surface area contributed by atoms with Crippen molar-refractivity contribution in [2.24, 2.45) is 0 Å². The van der Waals surface area contributed by atoms with Crippen molar-refractivity contribution < 1.29 is 66.7 Å². The maximum Gasteiger partial charge on any atom is 0.417 e. The van der Waals surface area contributed by atoms with Crippen LogP contribution in [0.15, 0.2) is 119 Å². The van der Waals surface area contributed by atoms with Crippen LogP contribution in [-0.4, -0.2) is 57.9 Å². The monoisotopic (exact) mass is 1080 g/mol. The number of hydrogen-bond acceptors (Lipinski definition) is 9. The van der Waals surface area contributed by atoms with Crippen LogP contribution in [0.25, 0.3) is 0 Å². The van der Waals surface area contributed by atoms with E-state index in [-0.39, 0.29) is 29.0 Å². The largest absolute Gasteiger partial charge is 0.476 e. The number of halogens is 12. The lowest BCUT2D eigenvalue weighted by Crippen LogP contribution is -2.29. The summed E-state index contributed by atoms with van der Waals surface area (Å²) in [6.07, 6.45) is -7.73. The smallest absolute Gasteiger partial charge is 0.417 e. The van der Waals surface area contributed by atoms with E-state index in [9.17, 15) is 61.5 Å². The van der Waals surface area contributed by atoms with Gasteiger partial charge >= 0.3 is 18.3 Å². The highest BCUT2D eigenvalue weighted by Gasteiger charge is 2.36. The van der Waals surface area contributed by atoms with Gasteiger partial charge in [-0.1, -0.05) is 78.1 Å². The summed E-state index contributed by atoms with van der Waals surface area (Å²) in [5.41, 5.74) is -4.32.